The van der Waals surface area contributed by atoms with Crippen LogP contribution >= 0.6 is 22.7 Å². The summed E-state index contributed by atoms with van der Waals surface area (Å²) in [4.78, 5) is 10.9. The maximum Gasteiger partial charge on any atom is 0.434 e. The molecule has 0 aliphatic carbocycles. The van der Waals surface area contributed by atoms with Crippen LogP contribution in [0.4, 0.5) is 26.3 Å². The fourth-order valence-electron chi connectivity index (χ4n) is 1.75. The van der Waals surface area contributed by atoms with Crippen LogP contribution < -0.4 is 10.6 Å². The maximum atomic E-state index is 12.5. The second-order valence-electron chi connectivity index (χ2n) is 4.85. The summed E-state index contributed by atoms with van der Waals surface area (Å²) in [5.74, 6) is 0.293. The molecule has 2 aromatic rings. The number of nitrogens with one attached hydrogen (secondary N) is 2. The SMILES string of the molecule is CN=C(NCCc1nc(C(F)(F)F)cs1)NCc1nc(C(F)(F)F)cs1. The summed E-state index contributed by atoms with van der Waals surface area (Å²) in [5, 5.41) is 8.06. The summed E-state index contributed by atoms with van der Waals surface area (Å²) >= 11 is 1.77. The molecule has 5 nitrogen and oxygen atoms in total. The molecule has 0 saturated carbocycles. The molecule has 2 aromatic heterocycles. The number of rotatable bonds is 5. The van der Waals surface area contributed by atoms with Crippen LogP contribution in [0, 0.1) is 0 Å². The normalized spacial score (nSPS) is 13.1. The van der Waals surface area contributed by atoms with E-state index in [4.69, 9.17) is 0 Å². The van der Waals surface area contributed by atoms with E-state index in [0.29, 0.717) is 11.0 Å². The smallest absolute Gasteiger partial charge is 0.356 e. The van der Waals surface area contributed by atoms with Crippen LogP contribution in [0.1, 0.15) is 21.4 Å². The average Bonchev–Trinajstić information content (AvgIpc) is 3.18. The average molecular weight is 417 g/mol. The molecule has 0 radical (unpaired) electrons. The Morgan fingerprint density at radius 2 is 1.50 bits per heavy atom. The standard InChI is InChI=1S/C13H13F6N5S2/c1-20-11(22-4-10-24-8(6-26-10)13(17,18)19)21-3-2-9-23-7(5-25-9)12(14,15)16/h5-6H,2-4H2,1H3,(H2,20,21,22). The highest BCUT2D eigenvalue weighted by molar-refractivity contribution is 7.09. The molecule has 0 amide bonds. The van der Waals surface area contributed by atoms with Gasteiger partial charge in [0.05, 0.1) is 11.6 Å². The van der Waals surface area contributed by atoms with Crippen molar-refractivity contribution in [3.8, 4) is 0 Å². The first kappa shape index (κ1) is 20.4. The van der Waals surface area contributed by atoms with E-state index in [0.717, 1.165) is 33.4 Å². The van der Waals surface area contributed by atoms with Crippen LogP contribution in [0.5, 0.6) is 0 Å². The summed E-state index contributed by atoms with van der Waals surface area (Å²) < 4.78 is 74.8. The van der Waals surface area contributed by atoms with Gasteiger partial charge in [0.25, 0.3) is 0 Å². The molecule has 0 bridgehead atoms. The third-order valence-electron chi connectivity index (χ3n) is 2.95. The zero-order valence-electron chi connectivity index (χ0n) is 13.2. The van der Waals surface area contributed by atoms with Gasteiger partial charge in [-0.3, -0.25) is 4.99 Å². The molecule has 0 fully saturated rings. The van der Waals surface area contributed by atoms with E-state index in [-0.39, 0.29) is 24.5 Å². The lowest BCUT2D eigenvalue weighted by Crippen LogP contribution is -2.37. The molecule has 0 saturated heterocycles. The number of alkyl halides is 6. The van der Waals surface area contributed by atoms with Gasteiger partial charge in [0, 0.05) is 30.8 Å². The number of hydrogen-bond acceptors (Lipinski definition) is 5. The Balaban J connectivity index is 1.79. The molecule has 2 heterocycles. The molecule has 0 aromatic carbocycles. The quantitative estimate of drug-likeness (QED) is 0.444. The molecule has 0 aliphatic rings. The summed E-state index contributed by atoms with van der Waals surface area (Å²) in [6.45, 7) is 0.298. The molecular formula is C13H13F6N5S2. The second-order valence-corrected chi connectivity index (χ2v) is 6.74. The van der Waals surface area contributed by atoms with Crippen molar-refractivity contribution in [3.05, 3.63) is 32.2 Å². The first-order valence-electron chi connectivity index (χ1n) is 7.07. The highest BCUT2D eigenvalue weighted by Gasteiger charge is 2.34. The van der Waals surface area contributed by atoms with Crippen molar-refractivity contribution in [1.82, 2.24) is 20.6 Å². The van der Waals surface area contributed by atoms with Gasteiger partial charge in [-0.1, -0.05) is 0 Å². The third kappa shape index (κ3) is 5.83. The van der Waals surface area contributed by atoms with Crippen molar-refractivity contribution in [1.29, 1.82) is 0 Å². The topological polar surface area (TPSA) is 62.2 Å². The van der Waals surface area contributed by atoms with Gasteiger partial charge < -0.3 is 10.6 Å². The van der Waals surface area contributed by atoms with E-state index in [1.165, 1.54) is 7.05 Å². The first-order chi connectivity index (χ1) is 12.1. The summed E-state index contributed by atoms with van der Waals surface area (Å²) in [6, 6.07) is 0. The van der Waals surface area contributed by atoms with E-state index in [1.54, 1.807) is 0 Å². The highest BCUT2D eigenvalue weighted by atomic mass is 32.1. The molecule has 0 spiro atoms. The van der Waals surface area contributed by atoms with E-state index < -0.39 is 23.7 Å². The minimum absolute atomic E-state index is 0.0376. The lowest BCUT2D eigenvalue weighted by molar-refractivity contribution is -0.141. The van der Waals surface area contributed by atoms with E-state index in [1.807, 2.05) is 0 Å². The number of nitrogens with zero attached hydrogens (tertiary/aromatic N) is 3. The van der Waals surface area contributed by atoms with Crippen molar-refractivity contribution >= 4 is 28.6 Å². The van der Waals surface area contributed by atoms with Crippen LogP contribution in [0.25, 0.3) is 0 Å². The van der Waals surface area contributed by atoms with E-state index >= 15 is 0 Å². The summed E-state index contributed by atoms with van der Waals surface area (Å²) in [5.41, 5.74) is -1.88. The Morgan fingerprint density at radius 1 is 0.962 bits per heavy atom. The minimum Gasteiger partial charge on any atom is -0.356 e. The number of hydrogen-bond donors (Lipinski definition) is 2. The van der Waals surface area contributed by atoms with Crippen LogP contribution in [0.15, 0.2) is 15.8 Å². The lowest BCUT2D eigenvalue weighted by atomic mass is 10.4. The fourth-order valence-corrected chi connectivity index (χ4v) is 3.29. The maximum absolute atomic E-state index is 12.5. The molecule has 13 heteroatoms. The van der Waals surface area contributed by atoms with E-state index in [2.05, 4.69) is 25.6 Å². The van der Waals surface area contributed by atoms with Crippen molar-refractivity contribution in [3.63, 3.8) is 0 Å². The van der Waals surface area contributed by atoms with Crippen LogP contribution in [0.2, 0.25) is 0 Å². The van der Waals surface area contributed by atoms with E-state index in [9.17, 15) is 26.3 Å². The molecule has 2 rings (SSSR count). The van der Waals surface area contributed by atoms with Gasteiger partial charge in [0.1, 0.15) is 5.01 Å². The van der Waals surface area contributed by atoms with Crippen LogP contribution in [-0.4, -0.2) is 29.5 Å². The number of guanidine groups is 1. The van der Waals surface area contributed by atoms with Gasteiger partial charge in [-0.15, -0.1) is 22.7 Å². The number of thiazole rings is 2. The first-order valence-corrected chi connectivity index (χ1v) is 8.83. The number of aromatic nitrogens is 2. The monoisotopic (exact) mass is 417 g/mol. The van der Waals surface area contributed by atoms with Gasteiger partial charge >= 0.3 is 12.4 Å². The Bertz CT molecular complexity index is 749. The Morgan fingerprint density at radius 3 is 2.00 bits per heavy atom. The summed E-state index contributed by atoms with van der Waals surface area (Å²) in [7, 11) is 1.46. The molecule has 144 valence electrons. The van der Waals surface area contributed by atoms with Crippen LogP contribution in [0.3, 0.4) is 0 Å². The third-order valence-corrected chi connectivity index (χ3v) is 4.70. The van der Waals surface area contributed by atoms with Crippen LogP contribution in [-0.2, 0) is 25.3 Å². The molecule has 0 unspecified atom stereocenters. The van der Waals surface area contributed by atoms with Crippen molar-refractivity contribution < 1.29 is 26.3 Å². The fraction of sp³-hybridized carbons (Fsp3) is 0.462. The predicted molar refractivity (Wildman–Crippen MR) is 86.1 cm³/mol. The van der Waals surface area contributed by atoms with Gasteiger partial charge in [-0.25, -0.2) is 9.97 Å². The number of halogens is 6. The zero-order valence-corrected chi connectivity index (χ0v) is 14.8. The van der Waals surface area contributed by atoms with Crippen molar-refractivity contribution in [2.75, 3.05) is 13.6 Å². The highest BCUT2D eigenvalue weighted by Crippen LogP contribution is 2.30. The van der Waals surface area contributed by atoms with Gasteiger partial charge in [-0.2, -0.15) is 26.3 Å². The largest absolute Gasteiger partial charge is 0.434 e. The van der Waals surface area contributed by atoms with Gasteiger partial charge in [0.15, 0.2) is 17.3 Å². The minimum atomic E-state index is -4.49. The zero-order chi connectivity index (χ0) is 19.4. The number of aliphatic imine (C=N–C) groups is 1. The second kappa shape index (κ2) is 8.20. The Labute approximate surface area is 152 Å². The molecule has 0 aliphatic heterocycles. The van der Waals surface area contributed by atoms with Crippen molar-refractivity contribution in [2.45, 2.75) is 25.3 Å². The Hall–Kier alpha value is -1.89. The Kier molecular flexibility index (Phi) is 6.44. The van der Waals surface area contributed by atoms with Crippen molar-refractivity contribution in [2.24, 2.45) is 4.99 Å². The lowest BCUT2D eigenvalue weighted by Gasteiger charge is -2.10. The molecule has 2 N–H and O–H groups in total. The molecule has 0 atom stereocenters. The van der Waals surface area contributed by atoms with Gasteiger partial charge in [0.2, 0.25) is 0 Å². The molecule has 26 heavy (non-hydrogen) atoms. The summed E-state index contributed by atoms with van der Waals surface area (Å²) in [6.07, 6.45) is -8.71. The van der Waals surface area contributed by atoms with Gasteiger partial charge in [-0.05, 0) is 0 Å². The predicted octanol–water partition coefficient (Wildman–Crippen LogP) is 3.54. The molecular weight excluding hydrogens is 404 g/mol.